The third-order valence-corrected chi connectivity index (χ3v) is 9.15. The molecule has 2 amide bonds. The molecule has 0 saturated heterocycles. The van der Waals surface area contributed by atoms with E-state index in [2.05, 4.69) is 25.3 Å². The molecule has 0 bridgehead atoms. The number of nitrogens with one attached hydrogen (secondary N) is 2. The van der Waals surface area contributed by atoms with Gasteiger partial charge in [-0.3, -0.25) is 30.3 Å². The number of nitro groups is 1. The number of nitrogens with zero attached hydrogens (tertiary/aromatic N) is 3. The number of thiazole rings is 2. The number of aromatic nitrogens is 2. The van der Waals surface area contributed by atoms with E-state index >= 15 is 0 Å². The molecule has 2 aromatic heterocycles. The third-order valence-electron chi connectivity index (χ3n) is 6.57. The topological polar surface area (TPSA) is 153 Å². The molecule has 0 atom stereocenters. The number of hydrogen-bond donors (Lipinski definition) is 2. The van der Waals surface area contributed by atoms with Crippen LogP contribution in [-0.4, -0.2) is 39.8 Å². The minimum absolute atomic E-state index is 0.107. The van der Waals surface area contributed by atoms with Gasteiger partial charge in [0.25, 0.3) is 17.5 Å². The van der Waals surface area contributed by atoms with Gasteiger partial charge in [-0.05, 0) is 30.3 Å². The van der Waals surface area contributed by atoms with Crippen molar-refractivity contribution < 1.29 is 24.0 Å². The molecule has 0 radical (unpaired) electrons. The van der Waals surface area contributed by atoms with Crippen LogP contribution in [0, 0.1) is 10.1 Å². The summed E-state index contributed by atoms with van der Waals surface area (Å²) in [6.07, 6.45) is 0. The Morgan fingerprint density at radius 3 is 2.20 bits per heavy atom. The molecule has 0 aliphatic carbocycles. The number of methoxy groups -OCH3 is 1. The molecular formula is C30H17Cl2N5O6S2. The third kappa shape index (κ3) is 5.93. The molecule has 224 valence electrons. The summed E-state index contributed by atoms with van der Waals surface area (Å²) in [5, 5.41) is 17.9. The van der Waals surface area contributed by atoms with Gasteiger partial charge in [-0.25, -0.2) is 14.8 Å². The number of hydrogen-bond acceptors (Lipinski definition) is 10. The quantitative estimate of drug-likeness (QED) is 0.0976. The number of fused-ring (bicyclic) bond motifs is 2. The van der Waals surface area contributed by atoms with E-state index in [0.29, 0.717) is 16.2 Å². The number of anilines is 2. The summed E-state index contributed by atoms with van der Waals surface area (Å²) >= 11 is 14.9. The van der Waals surface area contributed by atoms with Crippen molar-refractivity contribution in [2.24, 2.45) is 0 Å². The van der Waals surface area contributed by atoms with Gasteiger partial charge in [0.2, 0.25) is 0 Å². The Bertz CT molecular complexity index is 2180. The fourth-order valence-corrected chi connectivity index (χ4v) is 7.01. The Labute approximate surface area is 271 Å². The molecule has 6 rings (SSSR count). The molecule has 45 heavy (non-hydrogen) atoms. The second-order valence-corrected chi connectivity index (χ2v) is 12.2. The molecular weight excluding hydrogens is 661 g/mol. The van der Waals surface area contributed by atoms with Gasteiger partial charge in [0.05, 0.1) is 53.6 Å². The van der Waals surface area contributed by atoms with Crippen LogP contribution in [0.2, 0.25) is 10.0 Å². The maximum Gasteiger partial charge on any atom is 0.338 e. The Kier molecular flexibility index (Phi) is 8.16. The number of carbonyl (C=O) groups is 3. The van der Waals surface area contributed by atoms with Crippen molar-refractivity contribution in [2.45, 2.75) is 0 Å². The zero-order valence-corrected chi connectivity index (χ0v) is 25.9. The highest BCUT2D eigenvalue weighted by Gasteiger charge is 2.21. The fraction of sp³-hybridized carbons (Fsp3) is 0.0333. The molecule has 0 spiro atoms. The standard InChI is InChI=1S/C30H17Cl2N5O6S2/c1-43-28(40)15-11-14(12-16(13-15)37(41)42)26(38)35-29-33-21-9-2-6-18(25(21)45-29)17-5-3-10-22-24(17)34-30(44-22)36-27(39)23-19(31)7-4-8-20(23)32/h2-13H,1H3,(H,33,35,38)(H,34,36,39). The molecule has 15 heteroatoms. The van der Waals surface area contributed by atoms with E-state index in [1.54, 1.807) is 24.3 Å². The van der Waals surface area contributed by atoms with Crippen LogP contribution in [0.4, 0.5) is 16.0 Å². The van der Waals surface area contributed by atoms with Gasteiger partial charge in [0.1, 0.15) is 0 Å². The van der Waals surface area contributed by atoms with Gasteiger partial charge in [0.15, 0.2) is 10.3 Å². The van der Waals surface area contributed by atoms with Gasteiger partial charge in [-0.15, -0.1) is 0 Å². The molecule has 0 unspecified atom stereocenters. The number of para-hydroxylation sites is 1. The molecule has 2 N–H and O–H groups in total. The number of esters is 1. The maximum absolute atomic E-state index is 13.1. The summed E-state index contributed by atoms with van der Waals surface area (Å²) in [5.41, 5.74) is 2.27. The SMILES string of the molecule is COC(=O)c1cc(C(=O)Nc2nc3cccc(-c4cccc5sc(NC(=O)c6c(Cl)cccc6Cl)nc45)c3s2)cc([N+](=O)[O-])c1. The fourth-order valence-electron chi connectivity index (χ4n) is 4.56. The first-order valence-corrected chi connectivity index (χ1v) is 15.3. The molecule has 6 aromatic rings. The average Bonchev–Trinajstić information content (AvgIpc) is 3.63. The number of nitro benzene ring substituents is 1. The van der Waals surface area contributed by atoms with Crippen molar-refractivity contribution in [1.29, 1.82) is 0 Å². The van der Waals surface area contributed by atoms with Gasteiger partial charge < -0.3 is 4.74 Å². The molecule has 0 saturated carbocycles. The second-order valence-electron chi connectivity index (χ2n) is 9.37. The lowest BCUT2D eigenvalue weighted by atomic mass is 10.0. The van der Waals surface area contributed by atoms with Gasteiger partial charge in [-0.1, -0.05) is 76.2 Å². The highest BCUT2D eigenvalue weighted by molar-refractivity contribution is 7.23. The van der Waals surface area contributed by atoms with E-state index < -0.39 is 28.4 Å². The van der Waals surface area contributed by atoms with Crippen LogP contribution in [0.15, 0.2) is 72.8 Å². The van der Waals surface area contributed by atoms with Gasteiger partial charge in [0, 0.05) is 28.8 Å². The summed E-state index contributed by atoms with van der Waals surface area (Å²) in [5.74, 6) is -1.99. The maximum atomic E-state index is 13.1. The Morgan fingerprint density at radius 1 is 0.822 bits per heavy atom. The zero-order chi connectivity index (χ0) is 31.8. The van der Waals surface area contributed by atoms with Crippen LogP contribution in [0.3, 0.4) is 0 Å². The minimum atomic E-state index is -0.816. The largest absolute Gasteiger partial charge is 0.465 e. The first kappa shape index (κ1) is 30.1. The Balaban J connectivity index is 1.32. The van der Waals surface area contributed by atoms with Crippen LogP contribution in [0.1, 0.15) is 31.1 Å². The van der Waals surface area contributed by atoms with Crippen molar-refractivity contribution in [3.8, 4) is 11.1 Å². The van der Waals surface area contributed by atoms with E-state index in [4.69, 9.17) is 23.2 Å². The van der Waals surface area contributed by atoms with E-state index in [9.17, 15) is 24.5 Å². The number of carbonyl (C=O) groups excluding carboxylic acids is 3. The first-order valence-electron chi connectivity index (χ1n) is 12.9. The molecule has 0 fully saturated rings. The highest BCUT2D eigenvalue weighted by Crippen LogP contribution is 2.40. The molecule has 4 aromatic carbocycles. The van der Waals surface area contributed by atoms with Crippen molar-refractivity contribution in [1.82, 2.24) is 9.97 Å². The lowest BCUT2D eigenvalue weighted by Crippen LogP contribution is -2.13. The highest BCUT2D eigenvalue weighted by atomic mass is 35.5. The van der Waals surface area contributed by atoms with Crippen molar-refractivity contribution >= 4 is 100 Å². The van der Waals surface area contributed by atoms with E-state index in [0.717, 1.165) is 39.8 Å². The molecule has 11 nitrogen and oxygen atoms in total. The summed E-state index contributed by atoms with van der Waals surface area (Å²) in [6, 6.07) is 19.3. The van der Waals surface area contributed by atoms with Crippen LogP contribution in [0.5, 0.6) is 0 Å². The Morgan fingerprint density at radius 2 is 1.47 bits per heavy atom. The average molecular weight is 679 g/mol. The van der Waals surface area contributed by atoms with Crippen molar-refractivity contribution in [2.75, 3.05) is 17.7 Å². The van der Waals surface area contributed by atoms with Crippen molar-refractivity contribution in [3.63, 3.8) is 0 Å². The summed E-state index contributed by atoms with van der Waals surface area (Å²) in [7, 11) is 1.14. The van der Waals surface area contributed by atoms with Crippen LogP contribution < -0.4 is 10.6 Å². The minimum Gasteiger partial charge on any atom is -0.465 e. The second kappa shape index (κ2) is 12.2. The summed E-state index contributed by atoms with van der Waals surface area (Å²) in [4.78, 5) is 58.0. The predicted molar refractivity (Wildman–Crippen MR) is 175 cm³/mol. The monoisotopic (exact) mass is 677 g/mol. The van der Waals surface area contributed by atoms with Crippen LogP contribution in [0.25, 0.3) is 31.6 Å². The zero-order valence-electron chi connectivity index (χ0n) is 22.8. The number of halogens is 2. The smallest absolute Gasteiger partial charge is 0.338 e. The van der Waals surface area contributed by atoms with Gasteiger partial charge in [-0.2, -0.15) is 0 Å². The lowest BCUT2D eigenvalue weighted by molar-refractivity contribution is -0.384. The van der Waals surface area contributed by atoms with Crippen LogP contribution >= 0.6 is 45.9 Å². The normalized spacial score (nSPS) is 11.0. The molecule has 0 aliphatic heterocycles. The molecule has 0 aliphatic rings. The number of rotatable bonds is 7. The number of benzene rings is 4. The number of ether oxygens (including phenoxy) is 1. The summed E-state index contributed by atoms with van der Waals surface area (Å²) in [6.45, 7) is 0. The number of amides is 2. The van der Waals surface area contributed by atoms with E-state index in [1.165, 1.54) is 28.7 Å². The summed E-state index contributed by atoms with van der Waals surface area (Å²) < 4.78 is 6.22. The van der Waals surface area contributed by atoms with E-state index in [1.807, 2.05) is 30.3 Å². The van der Waals surface area contributed by atoms with Gasteiger partial charge >= 0.3 is 5.97 Å². The number of non-ortho nitro benzene ring substituents is 1. The van der Waals surface area contributed by atoms with Crippen LogP contribution in [-0.2, 0) is 4.74 Å². The predicted octanol–water partition coefficient (Wildman–Crippen LogP) is 8.08. The van der Waals surface area contributed by atoms with Crippen molar-refractivity contribution in [3.05, 3.63) is 110 Å². The lowest BCUT2D eigenvalue weighted by Gasteiger charge is -2.06. The van der Waals surface area contributed by atoms with E-state index in [-0.39, 0.29) is 31.9 Å². The Hall–Kier alpha value is -4.95. The molecule has 2 heterocycles. The first-order chi connectivity index (χ1) is 21.6.